The third-order valence-electron chi connectivity index (χ3n) is 4.23. The summed E-state index contributed by atoms with van der Waals surface area (Å²) in [6, 6.07) is 18.4. The van der Waals surface area contributed by atoms with Crippen LogP contribution in [0.1, 0.15) is 41.6 Å². The highest BCUT2D eigenvalue weighted by molar-refractivity contribution is 5.92. The fourth-order valence-electron chi connectivity index (χ4n) is 2.83. The Labute approximate surface area is 148 Å². The second-order valence-electron chi connectivity index (χ2n) is 6.52. The number of nitrogens with zero attached hydrogens (tertiary/aromatic N) is 2. The zero-order chi connectivity index (χ0) is 17.8. The van der Waals surface area contributed by atoms with Crippen LogP contribution in [0.15, 0.2) is 60.8 Å². The molecule has 0 saturated carbocycles. The lowest BCUT2D eigenvalue weighted by Crippen LogP contribution is -2.26. The predicted octanol–water partition coefficient (Wildman–Crippen LogP) is 4.47. The molecule has 1 N–H and O–H groups in total. The molecule has 0 aliphatic rings. The van der Waals surface area contributed by atoms with Crippen molar-refractivity contribution in [3.05, 3.63) is 77.9 Å². The van der Waals surface area contributed by atoms with Gasteiger partial charge in [0.2, 0.25) is 0 Å². The van der Waals surface area contributed by atoms with E-state index in [1.54, 1.807) is 11.1 Å². The van der Waals surface area contributed by atoms with E-state index in [1.807, 2.05) is 51.2 Å². The topological polar surface area (TPSA) is 49.0 Å². The van der Waals surface area contributed by atoms with Crippen LogP contribution >= 0.6 is 0 Å². The van der Waals surface area contributed by atoms with Gasteiger partial charge in [0, 0.05) is 19.5 Å². The van der Waals surface area contributed by atoms with Crippen molar-refractivity contribution in [2.45, 2.75) is 26.3 Å². The van der Waals surface area contributed by atoms with E-state index < -0.39 is 0 Å². The molecule has 0 unspecified atom stereocenters. The van der Waals surface area contributed by atoms with Crippen molar-refractivity contribution in [1.29, 1.82) is 0 Å². The van der Waals surface area contributed by atoms with E-state index in [2.05, 4.69) is 34.2 Å². The molecule has 1 heterocycles. The van der Waals surface area contributed by atoms with Gasteiger partial charge in [0.05, 0.1) is 6.20 Å². The molecule has 1 aromatic heterocycles. The van der Waals surface area contributed by atoms with E-state index in [-0.39, 0.29) is 11.8 Å². The molecule has 3 aromatic rings. The van der Waals surface area contributed by atoms with Gasteiger partial charge in [0.15, 0.2) is 0 Å². The molecule has 0 saturated heterocycles. The lowest BCUT2D eigenvalue weighted by Gasteiger charge is -2.19. The van der Waals surface area contributed by atoms with Gasteiger partial charge < -0.3 is 9.88 Å². The third kappa shape index (κ3) is 3.79. The standard InChI is InChI=1S/C21H23N3O/c1-15(2)20-22-13-19(23-20)21(25)24(3)14-17-11-7-8-12-18(17)16-9-5-4-6-10-16/h4-13,15H,14H2,1-3H3,(H,22,23). The number of aromatic nitrogens is 2. The number of imidazole rings is 1. The van der Waals surface area contributed by atoms with E-state index in [0.717, 1.165) is 22.5 Å². The first-order chi connectivity index (χ1) is 12.1. The fraction of sp³-hybridized carbons (Fsp3) is 0.238. The summed E-state index contributed by atoms with van der Waals surface area (Å²) in [4.78, 5) is 21.8. The maximum atomic E-state index is 12.7. The first kappa shape index (κ1) is 17.0. The van der Waals surface area contributed by atoms with E-state index in [9.17, 15) is 4.79 Å². The number of carbonyl (C=O) groups excluding carboxylic acids is 1. The fourth-order valence-corrected chi connectivity index (χ4v) is 2.83. The molecular formula is C21H23N3O. The molecule has 2 aromatic carbocycles. The number of hydrogen-bond acceptors (Lipinski definition) is 2. The summed E-state index contributed by atoms with van der Waals surface area (Å²) in [5, 5.41) is 0. The highest BCUT2D eigenvalue weighted by Crippen LogP contribution is 2.24. The van der Waals surface area contributed by atoms with Crippen molar-refractivity contribution in [2.24, 2.45) is 0 Å². The molecule has 4 heteroatoms. The van der Waals surface area contributed by atoms with Crippen LogP contribution in [0.2, 0.25) is 0 Å². The highest BCUT2D eigenvalue weighted by Gasteiger charge is 2.17. The largest absolute Gasteiger partial charge is 0.338 e. The van der Waals surface area contributed by atoms with E-state index in [1.165, 1.54) is 0 Å². The summed E-state index contributed by atoms with van der Waals surface area (Å²) in [7, 11) is 1.82. The molecule has 0 radical (unpaired) electrons. The van der Waals surface area contributed by atoms with E-state index >= 15 is 0 Å². The van der Waals surface area contributed by atoms with Gasteiger partial charge in [-0.2, -0.15) is 0 Å². The number of H-pyrrole nitrogens is 1. The maximum Gasteiger partial charge on any atom is 0.271 e. The lowest BCUT2D eigenvalue weighted by atomic mass is 9.99. The van der Waals surface area contributed by atoms with Crippen LogP contribution in [0.3, 0.4) is 0 Å². The molecule has 0 atom stereocenters. The van der Waals surface area contributed by atoms with Crippen molar-refractivity contribution in [2.75, 3.05) is 7.05 Å². The SMILES string of the molecule is CC(C)c1ncc(C(=O)N(C)Cc2ccccc2-c2ccccc2)[nH]1. The summed E-state index contributed by atoms with van der Waals surface area (Å²) in [5.41, 5.74) is 3.95. The van der Waals surface area contributed by atoms with Gasteiger partial charge in [-0.05, 0) is 16.7 Å². The van der Waals surface area contributed by atoms with Crippen molar-refractivity contribution in [3.8, 4) is 11.1 Å². The Bertz CT molecular complexity index is 852. The molecule has 1 amide bonds. The van der Waals surface area contributed by atoms with Gasteiger partial charge in [-0.25, -0.2) is 4.98 Å². The number of carbonyl (C=O) groups is 1. The van der Waals surface area contributed by atoms with Crippen LogP contribution in [0, 0.1) is 0 Å². The number of hydrogen-bond donors (Lipinski definition) is 1. The van der Waals surface area contributed by atoms with Gasteiger partial charge >= 0.3 is 0 Å². The van der Waals surface area contributed by atoms with Gasteiger partial charge in [-0.1, -0.05) is 68.4 Å². The molecule has 4 nitrogen and oxygen atoms in total. The molecule has 3 rings (SSSR count). The van der Waals surface area contributed by atoms with Crippen molar-refractivity contribution >= 4 is 5.91 Å². The molecule has 0 fully saturated rings. The predicted molar refractivity (Wildman–Crippen MR) is 100 cm³/mol. The zero-order valence-corrected chi connectivity index (χ0v) is 14.9. The summed E-state index contributed by atoms with van der Waals surface area (Å²) >= 11 is 0. The molecule has 25 heavy (non-hydrogen) atoms. The van der Waals surface area contributed by atoms with Gasteiger partial charge in [-0.3, -0.25) is 4.79 Å². The van der Waals surface area contributed by atoms with E-state index in [0.29, 0.717) is 12.2 Å². The molecule has 0 aliphatic carbocycles. The minimum Gasteiger partial charge on any atom is -0.338 e. The quantitative estimate of drug-likeness (QED) is 0.749. The van der Waals surface area contributed by atoms with Crippen molar-refractivity contribution < 1.29 is 4.79 Å². The van der Waals surface area contributed by atoms with Crippen LogP contribution in [0.4, 0.5) is 0 Å². The smallest absolute Gasteiger partial charge is 0.271 e. The number of nitrogens with one attached hydrogen (secondary N) is 1. The van der Waals surface area contributed by atoms with Gasteiger partial charge in [0.1, 0.15) is 11.5 Å². The van der Waals surface area contributed by atoms with Gasteiger partial charge in [0.25, 0.3) is 5.91 Å². The second-order valence-corrected chi connectivity index (χ2v) is 6.52. The molecule has 0 bridgehead atoms. The average Bonchev–Trinajstić information content (AvgIpc) is 3.12. The summed E-state index contributed by atoms with van der Waals surface area (Å²) in [6.45, 7) is 4.64. The minimum atomic E-state index is -0.0535. The van der Waals surface area contributed by atoms with Crippen LogP contribution in [0.5, 0.6) is 0 Å². The van der Waals surface area contributed by atoms with Crippen LogP contribution in [0.25, 0.3) is 11.1 Å². The molecule has 0 aliphatic heterocycles. The lowest BCUT2D eigenvalue weighted by molar-refractivity contribution is 0.0780. The Balaban J connectivity index is 1.81. The number of rotatable bonds is 5. The zero-order valence-electron chi connectivity index (χ0n) is 14.9. The monoisotopic (exact) mass is 333 g/mol. The summed E-state index contributed by atoms with van der Waals surface area (Å²) in [6.07, 6.45) is 1.62. The Morgan fingerprint density at radius 1 is 1.08 bits per heavy atom. The summed E-state index contributed by atoms with van der Waals surface area (Å²) < 4.78 is 0. The normalized spacial score (nSPS) is 10.9. The van der Waals surface area contributed by atoms with Crippen LogP contribution in [-0.2, 0) is 6.54 Å². The van der Waals surface area contributed by atoms with Gasteiger partial charge in [-0.15, -0.1) is 0 Å². The van der Waals surface area contributed by atoms with Crippen molar-refractivity contribution in [3.63, 3.8) is 0 Å². The minimum absolute atomic E-state index is 0.0535. The second kappa shape index (κ2) is 7.34. The molecular weight excluding hydrogens is 310 g/mol. The van der Waals surface area contributed by atoms with Crippen LogP contribution < -0.4 is 0 Å². The Hall–Kier alpha value is -2.88. The van der Waals surface area contributed by atoms with E-state index in [4.69, 9.17) is 0 Å². The highest BCUT2D eigenvalue weighted by atomic mass is 16.2. The Kier molecular flexibility index (Phi) is 4.98. The average molecular weight is 333 g/mol. The number of benzene rings is 2. The maximum absolute atomic E-state index is 12.7. The van der Waals surface area contributed by atoms with Crippen LogP contribution in [-0.4, -0.2) is 27.8 Å². The molecule has 0 spiro atoms. The first-order valence-electron chi connectivity index (χ1n) is 8.50. The third-order valence-corrected chi connectivity index (χ3v) is 4.23. The number of aromatic amines is 1. The first-order valence-corrected chi connectivity index (χ1v) is 8.50. The number of amides is 1. The Morgan fingerprint density at radius 3 is 2.44 bits per heavy atom. The Morgan fingerprint density at radius 2 is 1.76 bits per heavy atom. The summed E-state index contributed by atoms with van der Waals surface area (Å²) in [5.74, 6) is 1.05. The van der Waals surface area contributed by atoms with Crippen molar-refractivity contribution in [1.82, 2.24) is 14.9 Å². The molecule has 128 valence electrons.